The van der Waals surface area contributed by atoms with E-state index in [2.05, 4.69) is 51.7 Å². The van der Waals surface area contributed by atoms with Crippen LogP contribution in [-0.2, 0) is 19.4 Å². The number of hydrogen-bond acceptors (Lipinski definition) is 4. The van der Waals surface area contributed by atoms with Gasteiger partial charge in [-0.15, -0.1) is 0 Å². The second-order valence-corrected chi connectivity index (χ2v) is 6.64. The van der Waals surface area contributed by atoms with E-state index in [1.807, 2.05) is 0 Å². The number of benzene rings is 1. The van der Waals surface area contributed by atoms with Gasteiger partial charge in [0.25, 0.3) is 0 Å². The van der Waals surface area contributed by atoms with Gasteiger partial charge in [0, 0.05) is 37.6 Å². The predicted molar refractivity (Wildman–Crippen MR) is 92.6 cm³/mol. The third kappa shape index (κ3) is 3.37. The largest absolute Gasteiger partial charge is 0.341 e. The molecule has 23 heavy (non-hydrogen) atoms. The maximum absolute atomic E-state index is 4.84. The lowest BCUT2D eigenvalue weighted by Gasteiger charge is -2.26. The van der Waals surface area contributed by atoms with Crippen LogP contribution in [0.25, 0.3) is 0 Å². The van der Waals surface area contributed by atoms with E-state index < -0.39 is 0 Å². The molecular formula is C19H24N4. The van der Waals surface area contributed by atoms with Crippen LogP contribution in [0.2, 0.25) is 0 Å². The van der Waals surface area contributed by atoms with E-state index in [-0.39, 0.29) is 0 Å². The molecule has 1 aliphatic heterocycles. The number of anilines is 1. The molecule has 0 amide bonds. The molecular weight excluding hydrogens is 284 g/mol. The Bertz CT molecular complexity index is 650. The van der Waals surface area contributed by atoms with Gasteiger partial charge in [0.15, 0.2) is 0 Å². The zero-order valence-electron chi connectivity index (χ0n) is 13.5. The lowest BCUT2D eigenvalue weighted by Crippen LogP contribution is -2.35. The molecule has 1 N–H and O–H groups in total. The van der Waals surface area contributed by atoms with Crippen molar-refractivity contribution < 1.29 is 0 Å². The maximum Gasteiger partial charge on any atom is 0.225 e. The Labute approximate surface area is 138 Å². The molecule has 120 valence electrons. The summed E-state index contributed by atoms with van der Waals surface area (Å²) in [6.45, 7) is 3.16. The lowest BCUT2D eigenvalue weighted by atomic mass is 9.92. The molecule has 4 heteroatoms. The first-order valence-corrected chi connectivity index (χ1v) is 8.75. The first kappa shape index (κ1) is 14.6. The van der Waals surface area contributed by atoms with Crippen LogP contribution in [0.4, 0.5) is 5.95 Å². The summed E-state index contributed by atoms with van der Waals surface area (Å²) in [6, 6.07) is 11.1. The second kappa shape index (κ2) is 6.67. The summed E-state index contributed by atoms with van der Waals surface area (Å²) in [5, 5.41) is 3.68. The van der Waals surface area contributed by atoms with E-state index in [9.17, 15) is 0 Å². The van der Waals surface area contributed by atoms with Crippen molar-refractivity contribution in [2.75, 3.05) is 18.0 Å². The van der Waals surface area contributed by atoms with Gasteiger partial charge >= 0.3 is 0 Å². The molecule has 1 aliphatic carbocycles. The van der Waals surface area contributed by atoms with Gasteiger partial charge in [-0.1, -0.05) is 30.3 Å². The molecule has 2 aliphatic rings. The van der Waals surface area contributed by atoms with Crippen molar-refractivity contribution in [1.82, 2.24) is 15.3 Å². The van der Waals surface area contributed by atoms with Crippen molar-refractivity contribution in [1.29, 1.82) is 0 Å². The summed E-state index contributed by atoms with van der Waals surface area (Å²) >= 11 is 0. The van der Waals surface area contributed by atoms with Crippen LogP contribution in [0.3, 0.4) is 0 Å². The van der Waals surface area contributed by atoms with Crippen molar-refractivity contribution in [2.45, 2.75) is 44.7 Å². The molecule has 0 saturated carbocycles. The SMILES string of the molecule is c1ccc(CNC2CCc3nc(N4CCCC4)ncc3C2)cc1. The Kier molecular flexibility index (Phi) is 4.24. The van der Waals surface area contributed by atoms with Crippen LogP contribution >= 0.6 is 0 Å². The van der Waals surface area contributed by atoms with E-state index >= 15 is 0 Å². The quantitative estimate of drug-likeness (QED) is 0.943. The Balaban J connectivity index is 1.39. The van der Waals surface area contributed by atoms with Crippen LogP contribution in [0.15, 0.2) is 36.5 Å². The van der Waals surface area contributed by atoms with Gasteiger partial charge in [0.05, 0.1) is 0 Å². The molecule has 4 nitrogen and oxygen atoms in total. The average Bonchev–Trinajstić information content (AvgIpc) is 3.15. The zero-order valence-corrected chi connectivity index (χ0v) is 13.5. The fraction of sp³-hybridized carbons (Fsp3) is 0.474. The van der Waals surface area contributed by atoms with Gasteiger partial charge < -0.3 is 10.2 Å². The van der Waals surface area contributed by atoms with Gasteiger partial charge in [-0.2, -0.15) is 0 Å². The first-order valence-electron chi connectivity index (χ1n) is 8.75. The highest BCUT2D eigenvalue weighted by Gasteiger charge is 2.22. The molecule has 1 aromatic carbocycles. The van der Waals surface area contributed by atoms with Crippen molar-refractivity contribution in [3.63, 3.8) is 0 Å². The molecule has 1 unspecified atom stereocenters. The van der Waals surface area contributed by atoms with Crippen molar-refractivity contribution >= 4 is 5.95 Å². The van der Waals surface area contributed by atoms with Crippen LogP contribution in [0.5, 0.6) is 0 Å². The molecule has 1 atom stereocenters. The highest BCUT2D eigenvalue weighted by Crippen LogP contribution is 2.23. The van der Waals surface area contributed by atoms with Crippen molar-refractivity contribution in [3.8, 4) is 0 Å². The fourth-order valence-electron chi connectivity index (χ4n) is 3.60. The standard InChI is InChI=1S/C19H24N4/c1-2-6-15(7-3-1)13-20-17-8-9-18-16(12-17)14-21-19(22-18)23-10-4-5-11-23/h1-3,6-7,14,17,20H,4-5,8-13H2. The van der Waals surface area contributed by atoms with E-state index in [0.717, 1.165) is 44.8 Å². The number of hydrogen-bond donors (Lipinski definition) is 1. The number of nitrogens with one attached hydrogen (secondary N) is 1. The maximum atomic E-state index is 4.84. The zero-order chi connectivity index (χ0) is 15.5. The minimum absolute atomic E-state index is 0.531. The minimum Gasteiger partial charge on any atom is -0.341 e. The van der Waals surface area contributed by atoms with Crippen molar-refractivity contribution in [2.24, 2.45) is 0 Å². The van der Waals surface area contributed by atoms with E-state index in [1.165, 1.54) is 29.7 Å². The van der Waals surface area contributed by atoms with Gasteiger partial charge in [0.1, 0.15) is 0 Å². The van der Waals surface area contributed by atoms with Crippen LogP contribution in [0, 0.1) is 0 Å². The summed E-state index contributed by atoms with van der Waals surface area (Å²) in [6.07, 6.45) is 7.87. The molecule has 0 radical (unpaired) electrons. The van der Waals surface area contributed by atoms with Gasteiger partial charge in [0.2, 0.25) is 5.95 Å². The van der Waals surface area contributed by atoms with Crippen LogP contribution < -0.4 is 10.2 Å². The molecule has 2 heterocycles. The van der Waals surface area contributed by atoms with E-state index in [4.69, 9.17) is 4.98 Å². The lowest BCUT2D eigenvalue weighted by molar-refractivity contribution is 0.452. The molecule has 4 rings (SSSR count). The summed E-state index contributed by atoms with van der Waals surface area (Å²) in [5.74, 6) is 0.942. The van der Waals surface area contributed by atoms with E-state index in [0.29, 0.717) is 6.04 Å². The molecule has 2 aromatic rings. The third-order valence-electron chi connectivity index (χ3n) is 4.96. The topological polar surface area (TPSA) is 41.1 Å². The third-order valence-corrected chi connectivity index (χ3v) is 4.96. The highest BCUT2D eigenvalue weighted by molar-refractivity contribution is 5.35. The molecule has 0 spiro atoms. The monoisotopic (exact) mass is 308 g/mol. The number of fused-ring (bicyclic) bond motifs is 1. The fourth-order valence-corrected chi connectivity index (χ4v) is 3.60. The van der Waals surface area contributed by atoms with Crippen LogP contribution in [-0.4, -0.2) is 29.1 Å². The summed E-state index contributed by atoms with van der Waals surface area (Å²) in [5.41, 5.74) is 3.93. The summed E-state index contributed by atoms with van der Waals surface area (Å²) in [7, 11) is 0. The number of nitrogens with zero attached hydrogens (tertiary/aromatic N) is 3. The molecule has 1 aromatic heterocycles. The molecule has 1 fully saturated rings. The highest BCUT2D eigenvalue weighted by atomic mass is 15.3. The Morgan fingerprint density at radius 3 is 2.78 bits per heavy atom. The Hall–Kier alpha value is -1.94. The van der Waals surface area contributed by atoms with E-state index in [1.54, 1.807) is 0 Å². The Morgan fingerprint density at radius 1 is 1.13 bits per heavy atom. The van der Waals surface area contributed by atoms with Crippen molar-refractivity contribution in [3.05, 3.63) is 53.3 Å². The predicted octanol–water partition coefficient (Wildman–Crippen LogP) is 2.72. The van der Waals surface area contributed by atoms with Gasteiger partial charge in [-0.05, 0) is 43.2 Å². The summed E-state index contributed by atoms with van der Waals surface area (Å²) < 4.78 is 0. The van der Waals surface area contributed by atoms with Gasteiger partial charge in [-0.25, -0.2) is 9.97 Å². The second-order valence-electron chi connectivity index (χ2n) is 6.64. The minimum atomic E-state index is 0.531. The molecule has 1 saturated heterocycles. The summed E-state index contributed by atoms with van der Waals surface area (Å²) in [4.78, 5) is 11.8. The number of aromatic nitrogens is 2. The normalized spacial score (nSPS) is 20.5. The smallest absolute Gasteiger partial charge is 0.225 e. The average molecular weight is 308 g/mol. The number of aryl methyl sites for hydroxylation is 1. The van der Waals surface area contributed by atoms with Gasteiger partial charge in [-0.3, -0.25) is 0 Å². The molecule has 0 bridgehead atoms. The Morgan fingerprint density at radius 2 is 1.96 bits per heavy atom. The first-order chi connectivity index (χ1) is 11.4. The van der Waals surface area contributed by atoms with Crippen LogP contribution in [0.1, 0.15) is 36.1 Å². The number of rotatable bonds is 4.